The first-order chi connectivity index (χ1) is 6.38. The third-order valence-corrected chi connectivity index (χ3v) is 2.61. The van der Waals surface area contributed by atoms with Gasteiger partial charge in [0.2, 0.25) is 0 Å². The van der Waals surface area contributed by atoms with Gasteiger partial charge in [0.05, 0.1) is 6.61 Å². The van der Waals surface area contributed by atoms with E-state index in [1.807, 2.05) is 0 Å². The summed E-state index contributed by atoms with van der Waals surface area (Å²) in [4.78, 5) is 0. The Morgan fingerprint density at radius 3 is 2.50 bits per heavy atom. The van der Waals surface area contributed by atoms with Gasteiger partial charge in [0.25, 0.3) is 0 Å². The summed E-state index contributed by atoms with van der Waals surface area (Å²) in [5.41, 5.74) is -0.263. The highest BCUT2D eigenvalue weighted by Crippen LogP contribution is 2.34. The zero-order valence-corrected chi connectivity index (χ0v) is 9.60. The van der Waals surface area contributed by atoms with Crippen LogP contribution in [0.2, 0.25) is 0 Å². The first kappa shape index (κ1) is 11.5. The molecule has 0 saturated carbocycles. The predicted octanol–water partition coefficient (Wildman–Crippen LogP) is 2.56. The summed E-state index contributed by atoms with van der Waals surface area (Å²) in [6, 6.07) is 2.79. The fraction of sp³-hybridized carbons (Fsp3) is 0.400. The molecule has 0 aliphatic carbocycles. The topological polar surface area (TPSA) is 40.5 Å². The Hall–Kier alpha value is -0.610. The highest BCUT2D eigenvalue weighted by atomic mass is 79.9. The maximum atomic E-state index is 13.1. The molecule has 0 bridgehead atoms. The molecule has 0 atom stereocenters. The van der Waals surface area contributed by atoms with E-state index in [4.69, 9.17) is 5.11 Å². The van der Waals surface area contributed by atoms with E-state index in [-0.39, 0.29) is 6.61 Å². The third kappa shape index (κ3) is 2.07. The molecule has 0 heterocycles. The molecule has 0 radical (unpaired) electrons. The molecule has 0 amide bonds. The minimum Gasteiger partial charge on any atom is -0.505 e. The number of aliphatic hydroxyl groups excluding tert-OH is 1. The van der Waals surface area contributed by atoms with Crippen molar-refractivity contribution in [3.05, 3.63) is 28.0 Å². The van der Waals surface area contributed by atoms with Gasteiger partial charge in [0, 0.05) is 15.5 Å². The van der Waals surface area contributed by atoms with Gasteiger partial charge in [-0.2, -0.15) is 0 Å². The molecule has 0 unspecified atom stereocenters. The Morgan fingerprint density at radius 2 is 2.00 bits per heavy atom. The lowest BCUT2D eigenvalue weighted by molar-refractivity contribution is 0.214. The maximum absolute atomic E-state index is 13.1. The van der Waals surface area contributed by atoms with Crippen LogP contribution in [0, 0.1) is 5.82 Å². The van der Waals surface area contributed by atoms with Crippen molar-refractivity contribution in [3.8, 4) is 5.75 Å². The second-order valence-electron chi connectivity index (χ2n) is 3.83. The van der Waals surface area contributed by atoms with Crippen molar-refractivity contribution in [1.82, 2.24) is 0 Å². The number of aliphatic hydroxyl groups is 1. The summed E-state index contributed by atoms with van der Waals surface area (Å²) in [6.45, 7) is 3.30. The predicted molar refractivity (Wildman–Crippen MR) is 55.9 cm³/mol. The lowest BCUT2D eigenvalue weighted by Crippen LogP contribution is -2.22. The minimum absolute atomic E-state index is 0.156. The van der Waals surface area contributed by atoms with E-state index in [0.717, 1.165) is 0 Å². The van der Waals surface area contributed by atoms with Crippen LogP contribution in [0.3, 0.4) is 0 Å². The molecular weight excluding hydrogens is 251 g/mol. The molecule has 0 fully saturated rings. The van der Waals surface area contributed by atoms with Crippen LogP contribution in [0.4, 0.5) is 4.39 Å². The normalized spacial score (nSPS) is 11.8. The van der Waals surface area contributed by atoms with Crippen LogP contribution in [0.15, 0.2) is 16.6 Å². The monoisotopic (exact) mass is 262 g/mol. The quantitative estimate of drug-likeness (QED) is 0.860. The second-order valence-corrected chi connectivity index (χ2v) is 4.74. The number of hydrogen-bond donors (Lipinski definition) is 2. The van der Waals surface area contributed by atoms with Crippen molar-refractivity contribution in [2.45, 2.75) is 19.3 Å². The Balaban J connectivity index is 3.34. The summed E-state index contributed by atoms with van der Waals surface area (Å²) in [5, 5.41) is 18.6. The highest BCUT2D eigenvalue weighted by molar-refractivity contribution is 9.10. The van der Waals surface area contributed by atoms with Gasteiger partial charge in [-0.15, -0.1) is 0 Å². The maximum Gasteiger partial charge on any atom is 0.166 e. The molecule has 1 aromatic rings. The number of benzene rings is 1. The molecule has 1 rings (SSSR count). The molecule has 0 aliphatic heterocycles. The van der Waals surface area contributed by atoms with E-state index in [9.17, 15) is 9.50 Å². The van der Waals surface area contributed by atoms with Gasteiger partial charge in [-0.05, 0) is 12.1 Å². The van der Waals surface area contributed by atoms with Gasteiger partial charge in [-0.3, -0.25) is 0 Å². The molecule has 14 heavy (non-hydrogen) atoms. The van der Waals surface area contributed by atoms with Gasteiger partial charge in [0.15, 0.2) is 11.6 Å². The van der Waals surface area contributed by atoms with Crippen LogP contribution in [0.1, 0.15) is 19.4 Å². The fourth-order valence-corrected chi connectivity index (χ4v) is 1.60. The molecule has 0 aromatic heterocycles. The fourth-order valence-electron chi connectivity index (χ4n) is 1.17. The van der Waals surface area contributed by atoms with Crippen molar-refractivity contribution in [2.24, 2.45) is 0 Å². The molecule has 2 nitrogen and oxygen atoms in total. The smallest absolute Gasteiger partial charge is 0.166 e. The molecule has 0 aliphatic rings. The molecular formula is C10H12BrFO2. The molecule has 0 spiro atoms. The summed E-state index contributed by atoms with van der Waals surface area (Å²) in [6.07, 6.45) is 0. The van der Waals surface area contributed by atoms with Crippen molar-refractivity contribution in [3.63, 3.8) is 0 Å². The van der Waals surface area contributed by atoms with E-state index < -0.39 is 17.0 Å². The van der Waals surface area contributed by atoms with Crippen LogP contribution in [0.5, 0.6) is 5.75 Å². The van der Waals surface area contributed by atoms with E-state index in [0.29, 0.717) is 10.0 Å². The van der Waals surface area contributed by atoms with Crippen LogP contribution < -0.4 is 0 Å². The number of hydrogen-bond acceptors (Lipinski definition) is 2. The third-order valence-electron chi connectivity index (χ3n) is 2.15. The van der Waals surface area contributed by atoms with Crippen molar-refractivity contribution in [1.29, 1.82) is 0 Å². The van der Waals surface area contributed by atoms with Gasteiger partial charge < -0.3 is 10.2 Å². The average Bonchev–Trinajstić information content (AvgIpc) is 2.11. The van der Waals surface area contributed by atoms with Crippen LogP contribution in [-0.4, -0.2) is 16.8 Å². The number of phenolic OH excluding ortho intramolecular Hbond substituents is 1. The highest BCUT2D eigenvalue weighted by Gasteiger charge is 2.25. The van der Waals surface area contributed by atoms with E-state index in [2.05, 4.69) is 15.9 Å². The molecule has 78 valence electrons. The second kappa shape index (κ2) is 3.87. The van der Waals surface area contributed by atoms with Crippen molar-refractivity contribution in [2.75, 3.05) is 6.61 Å². The van der Waals surface area contributed by atoms with Gasteiger partial charge in [-0.25, -0.2) is 4.39 Å². The lowest BCUT2D eigenvalue weighted by Gasteiger charge is -2.23. The van der Waals surface area contributed by atoms with Crippen molar-refractivity contribution < 1.29 is 14.6 Å². The van der Waals surface area contributed by atoms with Crippen LogP contribution in [-0.2, 0) is 5.41 Å². The SMILES string of the molecule is CC(C)(CO)c1cc(Br)cc(F)c1O. The Morgan fingerprint density at radius 1 is 1.43 bits per heavy atom. The molecule has 0 saturated heterocycles. The van der Waals surface area contributed by atoms with Crippen LogP contribution >= 0.6 is 15.9 Å². The summed E-state index contributed by atoms with van der Waals surface area (Å²) < 4.78 is 13.7. The van der Waals surface area contributed by atoms with Crippen molar-refractivity contribution >= 4 is 15.9 Å². The Kier molecular flexibility index (Phi) is 3.17. The first-order valence-electron chi connectivity index (χ1n) is 4.18. The minimum atomic E-state index is -0.684. The number of aromatic hydroxyl groups is 1. The number of rotatable bonds is 2. The first-order valence-corrected chi connectivity index (χ1v) is 4.97. The average molecular weight is 263 g/mol. The summed E-state index contributed by atoms with van der Waals surface area (Å²) >= 11 is 3.14. The van der Waals surface area contributed by atoms with E-state index in [1.54, 1.807) is 19.9 Å². The van der Waals surface area contributed by atoms with E-state index >= 15 is 0 Å². The van der Waals surface area contributed by atoms with Gasteiger partial charge in [0.1, 0.15) is 0 Å². The Labute approximate surface area is 90.5 Å². The Bertz CT molecular complexity index is 350. The van der Waals surface area contributed by atoms with Gasteiger partial charge >= 0.3 is 0 Å². The molecule has 2 N–H and O–H groups in total. The lowest BCUT2D eigenvalue weighted by atomic mass is 9.85. The molecule has 1 aromatic carbocycles. The summed E-state index contributed by atoms with van der Waals surface area (Å²) in [5.74, 6) is -1.08. The number of phenols is 1. The number of halogens is 2. The summed E-state index contributed by atoms with van der Waals surface area (Å²) in [7, 11) is 0. The zero-order valence-electron chi connectivity index (χ0n) is 8.01. The van der Waals surface area contributed by atoms with E-state index in [1.165, 1.54) is 6.07 Å². The van der Waals surface area contributed by atoms with Crippen LogP contribution in [0.25, 0.3) is 0 Å². The largest absolute Gasteiger partial charge is 0.505 e. The zero-order chi connectivity index (χ0) is 10.9. The molecule has 4 heteroatoms. The standard InChI is InChI=1S/C10H12BrFO2/c1-10(2,5-13)7-3-6(11)4-8(12)9(7)14/h3-4,13-14H,5H2,1-2H3. The van der Waals surface area contributed by atoms with Gasteiger partial charge in [-0.1, -0.05) is 29.8 Å².